The summed E-state index contributed by atoms with van der Waals surface area (Å²) in [5.74, 6) is 0.0522. The quantitative estimate of drug-likeness (QED) is 0.600. The Bertz CT molecular complexity index is 421. The number of rotatable bonds is 7. The second-order valence-electron chi connectivity index (χ2n) is 4.75. The molecule has 1 aromatic rings. The van der Waals surface area contributed by atoms with Gasteiger partial charge in [-0.1, -0.05) is 44.7 Å². The second-order valence-corrected chi connectivity index (χ2v) is 5.16. The lowest BCUT2D eigenvalue weighted by Gasteiger charge is -2.15. The minimum atomic E-state index is -0.375. The zero-order valence-corrected chi connectivity index (χ0v) is 12.4. The Balaban J connectivity index is 2.54. The summed E-state index contributed by atoms with van der Waals surface area (Å²) in [5, 5.41) is 0.339. The van der Waals surface area contributed by atoms with Gasteiger partial charge < -0.3 is 10.5 Å². The van der Waals surface area contributed by atoms with Gasteiger partial charge in [-0.15, -0.1) is 0 Å². The lowest BCUT2D eigenvalue weighted by atomic mass is 10.0. The SMILES string of the molecule is CCCCC(CC)COC(=O)c1ccc(N)cc1Cl. The number of hydrogen-bond acceptors (Lipinski definition) is 3. The van der Waals surface area contributed by atoms with Gasteiger partial charge in [-0.2, -0.15) is 0 Å². The summed E-state index contributed by atoms with van der Waals surface area (Å²) in [6.45, 7) is 4.73. The van der Waals surface area contributed by atoms with Gasteiger partial charge in [0.15, 0.2) is 0 Å². The molecule has 0 spiro atoms. The second kappa shape index (κ2) is 8.05. The van der Waals surface area contributed by atoms with Gasteiger partial charge in [0.25, 0.3) is 0 Å². The van der Waals surface area contributed by atoms with Crippen molar-refractivity contribution in [2.24, 2.45) is 5.92 Å². The van der Waals surface area contributed by atoms with Gasteiger partial charge in [-0.3, -0.25) is 0 Å². The molecule has 0 aromatic heterocycles. The van der Waals surface area contributed by atoms with Crippen molar-refractivity contribution in [3.63, 3.8) is 0 Å². The molecular formula is C15H22ClNO2. The summed E-state index contributed by atoms with van der Waals surface area (Å²) in [6, 6.07) is 4.82. The van der Waals surface area contributed by atoms with Crippen LogP contribution in [0.5, 0.6) is 0 Å². The highest BCUT2D eigenvalue weighted by Crippen LogP contribution is 2.21. The number of halogens is 1. The topological polar surface area (TPSA) is 52.3 Å². The summed E-state index contributed by atoms with van der Waals surface area (Å²) < 4.78 is 5.33. The summed E-state index contributed by atoms with van der Waals surface area (Å²) in [7, 11) is 0. The smallest absolute Gasteiger partial charge is 0.339 e. The first-order valence-electron chi connectivity index (χ1n) is 6.80. The number of ether oxygens (including phenoxy) is 1. The van der Waals surface area contributed by atoms with Crippen molar-refractivity contribution in [3.05, 3.63) is 28.8 Å². The molecule has 4 heteroatoms. The van der Waals surface area contributed by atoms with Crippen LogP contribution in [0.25, 0.3) is 0 Å². The standard InChI is InChI=1S/C15H22ClNO2/c1-3-5-6-11(4-2)10-19-15(18)13-8-7-12(17)9-14(13)16/h7-9,11H,3-6,10,17H2,1-2H3. The maximum atomic E-state index is 11.9. The van der Waals surface area contributed by atoms with Crippen molar-refractivity contribution in [2.45, 2.75) is 39.5 Å². The molecule has 0 aliphatic heterocycles. The lowest BCUT2D eigenvalue weighted by molar-refractivity contribution is 0.0428. The molecule has 0 aliphatic rings. The maximum absolute atomic E-state index is 11.9. The number of nitrogens with two attached hydrogens (primary N) is 1. The van der Waals surface area contributed by atoms with E-state index in [9.17, 15) is 4.79 Å². The summed E-state index contributed by atoms with van der Waals surface area (Å²) in [6.07, 6.45) is 4.44. The monoisotopic (exact) mass is 283 g/mol. The average Bonchev–Trinajstić information content (AvgIpc) is 2.38. The van der Waals surface area contributed by atoms with E-state index in [1.54, 1.807) is 18.2 Å². The summed E-state index contributed by atoms with van der Waals surface area (Å²) in [4.78, 5) is 11.9. The van der Waals surface area contributed by atoms with Crippen LogP contribution < -0.4 is 5.73 Å². The van der Waals surface area contributed by atoms with Crippen molar-refractivity contribution in [3.8, 4) is 0 Å². The normalized spacial score (nSPS) is 12.2. The molecular weight excluding hydrogens is 262 g/mol. The predicted molar refractivity (Wildman–Crippen MR) is 79.5 cm³/mol. The van der Waals surface area contributed by atoms with E-state index in [4.69, 9.17) is 22.1 Å². The van der Waals surface area contributed by atoms with Crippen LogP contribution in [0.4, 0.5) is 5.69 Å². The van der Waals surface area contributed by atoms with Crippen LogP contribution in [-0.4, -0.2) is 12.6 Å². The van der Waals surface area contributed by atoms with Gasteiger partial charge in [0.05, 0.1) is 17.2 Å². The maximum Gasteiger partial charge on any atom is 0.339 e. The Kier molecular flexibility index (Phi) is 6.71. The van der Waals surface area contributed by atoms with E-state index < -0.39 is 0 Å². The van der Waals surface area contributed by atoms with Gasteiger partial charge in [0, 0.05) is 5.69 Å². The summed E-state index contributed by atoms with van der Waals surface area (Å²) in [5.41, 5.74) is 6.50. The zero-order chi connectivity index (χ0) is 14.3. The van der Waals surface area contributed by atoms with E-state index in [1.807, 2.05) is 0 Å². The van der Waals surface area contributed by atoms with Crippen LogP contribution in [0.1, 0.15) is 49.9 Å². The molecule has 106 valence electrons. The number of hydrogen-bond donors (Lipinski definition) is 1. The van der Waals surface area contributed by atoms with Gasteiger partial charge >= 0.3 is 5.97 Å². The molecule has 0 radical (unpaired) electrons. The van der Waals surface area contributed by atoms with Gasteiger partial charge in [-0.05, 0) is 30.5 Å². The fraction of sp³-hybridized carbons (Fsp3) is 0.533. The number of esters is 1. The molecule has 0 saturated heterocycles. The minimum Gasteiger partial charge on any atom is -0.462 e. The molecule has 0 amide bonds. The van der Waals surface area contributed by atoms with E-state index in [0.29, 0.717) is 28.8 Å². The zero-order valence-electron chi connectivity index (χ0n) is 11.6. The highest BCUT2D eigenvalue weighted by atomic mass is 35.5. The molecule has 1 atom stereocenters. The molecule has 1 rings (SSSR count). The molecule has 0 saturated carbocycles. The van der Waals surface area contributed by atoms with Gasteiger partial charge in [0.2, 0.25) is 0 Å². The fourth-order valence-electron chi connectivity index (χ4n) is 1.87. The van der Waals surface area contributed by atoms with E-state index in [-0.39, 0.29) is 5.97 Å². The Morgan fingerprint density at radius 2 is 2.16 bits per heavy atom. The van der Waals surface area contributed by atoms with Crippen molar-refractivity contribution < 1.29 is 9.53 Å². The van der Waals surface area contributed by atoms with E-state index in [2.05, 4.69) is 13.8 Å². The average molecular weight is 284 g/mol. The molecule has 1 unspecified atom stereocenters. The number of nitrogen functional groups attached to an aromatic ring is 1. The van der Waals surface area contributed by atoms with E-state index >= 15 is 0 Å². The molecule has 0 bridgehead atoms. The minimum absolute atomic E-state index is 0.339. The first-order chi connectivity index (χ1) is 9.08. The number of unbranched alkanes of at least 4 members (excludes halogenated alkanes) is 1. The van der Waals surface area contributed by atoms with Crippen molar-refractivity contribution in [1.29, 1.82) is 0 Å². The van der Waals surface area contributed by atoms with Crippen LogP contribution in [0.2, 0.25) is 5.02 Å². The van der Waals surface area contributed by atoms with Crippen molar-refractivity contribution >= 4 is 23.3 Å². The third-order valence-electron chi connectivity index (χ3n) is 3.21. The Morgan fingerprint density at radius 3 is 2.74 bits per heavy atom. The highest BCUT2D eigenvalue weighted by molar-refractivity contribution is 6.33. The predicted octanol–water partition coefficient (Wildman–Crippen LogP) is 4.30. The molecule has 0 heterocycles. The van der Waals surface area contributed by atoms with Crippen molar-refractivity contribution in [2.75, 3.05) is 12.3 Å². The van der Waals surface area contributed by atoms with Gasteiger partial charge in [-0.25, -0.2) is 4.79 Å². The largest absolute Gasteiger partial charge is 0.462 e. The number of anilines is 1. The Hall–Kier alpha value is -1.22. The van der Waals surface area contributed by atoms with E-state index in [0.717, 1.165) is 19.3 Å². The van der Waals surface area contributed by atoms with Crippen LogP contribution in [-0.2, 0) is 4.74 Å². The molecule has 3 nitrogen and oxygen atoms in total. The van der Waals surface area contributed by atoms with E-state index in [1.165, 1.54) is 6.42 Å². The Labute approximate surface area is 120 Å². The highest BCUT2D eigenvalue weighted by Gasteiger charge is 2.14. The van der Waals surface area contributed by atoms with Crippen LogP contribution >= 0.6 is 11.6 Å². The number of carbonyl (C=O) groups excluding carboxylic acids is 1. The third kappa shape index (κ3) is 5.11. The molecule has 19 heavy (non-hydrogen) atoms. The number of carbonyl (C=O) groups is 1. The molecule has 1 aromatic carbocycles. The lowest BCUT2D eigenvalue weighted by Crippen LogP contribution is -2.14. The van der Waals surface area contributed by atoms with Crippen LogP contribution in [0, 0.1) is 5.92 Å². The first kappa shape index (κ1) is 15.8. The van der Waals surface area contributed by atoms with Gasteiger partial charge in [0.1, 0.15) is 0 Å². The summed E-state index contributed by atoms with van der Waals surface area (Å²) >= 11 is 5.98. The molecule has 0 fully saturated rings. The van der Waals surface area contributed by atoms with Crippen LogP contribution in [0.3, 0.4) is 0 Å². The Morgan fingerprint density at radius 1 is 1.42 bits per heavy atom. The first-order valence-corrected chi connectivity index (χ1v) is 7.18. The van der Waals surface area contributed by atoms with Crippen LogP contribution in [0.15, 0.2) is 18.2 Å². The molecule has 2 N–H and O–H groups in total. The third-order valence-corrected chi connectivity index (χ3v) is 3.52. The molecule has 0 aliphatic carbocycles. The number of benzene rings is 1. The fourth-order valence-corrected chi connectivity index (χ4v) is 2.13. The van der Waals surface area contributed by atoms with Crippen molar-refractivity contribution in [1.82, 2.24) is 0 Å².